The number of carboxylic acids is 1. The Morgan fingerprint density at radius 3 is 2.82 bits per heavy atom. The van der Waals surface area contributed by atoms with Gasteiger partial charge in [0.1, 0.15) is 12.2 Å². The number of hydrogen-bond donors (Lipinski definition) is 1. The van der Waals surface area contributed by atoms with E-state index in [1.54, 1.807) is 4.90 Å². The Kier molecular flexibility index (Phi) is 2.44. The van der Waals surface area contributed by atoms with Crippen molar-refractivity contribution in [3.63, 3.8) is 0 Å². The van der Waals surface area contributed by atoms with Gasteiger partial charge in [-0.1, -0.05) is 6.92 Å². The lowest BCUT2D eigenvalue weighted by molar-refractivity contribution is -0.142. The van der Waals surface area contributed by atoms with Gasteiger partial charge in [-0.25, -0.2) is 4.39 Å². The Morgan fingerprint density at radius 2 is 2.45 bits per heavy atom. The first-order chi connectivity index (χ1) is 5.15. The molecule has 0 aromatic carbocycles. The van der Waals surface area contributed by atoms with Crippen molar-refractivity contribution in [1.82, 2.24) is 4.90 Å². The highest BCUT2D eigenvalue weighted by atomic mass is 19.1. The molecule has 3 nitrogen and oxygen atoms in total. The molecule has 0 bridgehead atoms. The predicted octanol–water partition coefficient (Wildman–Crippen LogP) is 0.503. The molecular formula is C7H12FNO2. The molecule has 1 N–H and O–H groups in total. The minimum Gasteiger partial charge on any atom is -0.480 e. The molecule has 0 saturated carbocycles. The topological polar surface area (TPSA) is 40.5 Å². The molecule has 1 fully saturated rings. The molecule has 0 spiro atoms. The Labute approximate surface area is 64.8 Å². The highest BCUT2D eigenvalue weighted by molar-refractivity contribution is 5.73. The summed E-state index contributed by atoms with van der Waals surface area (Å²) in [6.45, 7) is 2.72. The van der Waals surface area contributed by atoms with Crippen molar-refractivity contribution in [3.8, 4) is 0 Å². The van der Waals surface area contributed by atoms with Gasteiger partial charge >= 0.3 is 5.97 Å². The number of nitrogens with zero attached hydrogens (tertiary/aromatic N) is 1. The molecule has 4 heteroatoms. The largest absolute Gasteiger partial charge is 0.480 e. The van der Waals surface area contributed by atoms with E-state index in [-0.39, 0.29) is 13.0 Å². The quantitative estimate of drug-likeness (QED) is 0.641. The standard InChI is InChI=1S/C7H12FNO2/c1-2-9-4-5(8)3-6(9)7(10)11/h5-6H,2-4H2,1H3,(H,10,11)/t5-,6+/m1/s1. The van der Waals surface area contributed by atoms with Crippen molar-refractivity contribution >= 4 is 5.97 Å². The summed E-state index contributed by atoms with van der Waals surface area (Å²) < 4.78 is 12.7. The van der Waals surface area contributed by atoms with Crippen molar-refractivity contribution in [1.29, 1.82) is 0 Å². The average molecular weight is 161 g/mol. The van der Waals surface area contributed by atoms with Crippen molar-refractivity contribution < 1.29 is 14.3 Å². The van der Waals surface area contributed by atoms with Crippen LogP contribution >= 0.6 is 0 Å². The molecule has 1 aliphatic rings. The molecule has 0 aromatic heterocycles. The van der Waals surface area contributed by atoms with E-state index in [2.05, 4.69) is 0 Å². The van der Waals surface area contributed by atoms with E-state index in [1.165, 1.54) is 0 Å². The van der Waals surface area contributed by atoms with Crippen molar-refractivity contribution in [2.24, 2.45) is 0 Å². The van der Waals surface area contributed by atoms with Crippen LogP contribution in [0.15, 0.2) is 0 Å². The predicted molar refractivity (Wildman–Crippen MR) is 38.2 cm³/mol. The van der Waals surface area contributed by atoms with Crippen molar-refractivity contribution in [2.45, 2.75) is 25.6 Å². The second kappa shape index (κ2) is 3.17. The number of carbonyl (C=O) groups is 1. The van der Waals surface area contributed by atoms with Crippen molar-refractivity contribution in [3.05, 3.63) is 0 Å². The molecule has 11 heavy (non-hydrogen) atoms. The summed E-state index contributed by atoms with van der Waals surface area (Å²) in [7, 11) is 0. The van der Waals surface area contributed by atoms with Crippen LogP contribution in [0.4, 0.5) is 4.39 Å². The molecule has 2 atom stereocenters. The molecule has 0 unspecified atom stereocenters. The SMILES string of the molecule is CCN1C[C@H](F)C[C@H]1C(=O)O. The minimum atomic E-state index is -0.962. The summed E-state index contributed by atoms with van der Waals surface area (Å²) >= 11 is 0. The fourth-order valence-electron chi connectivity index (χ4n) is 1.45. The van der Waals surface area contributed by atoms with Crippen LogP contribution in [0.2, 0.25) is 0 Å². The number of likely N-dealkylation sites (tertiary alicyclic amines) is 1. The second-order valence-corrected chi connectivity index (χ2v) is 2.77. The Hall–Kier alpha value is -0.640. The molecule has 0 aliphatic carbocycles. The number of halogens is 1. The van der Waals surface area contributed by atoms with Crippen LogP contribution in [0.3, 0.4) is 0 Å². The third-order valence-electron chi connectivity index (χ3n) is 2.04. The highest BCUT2D eigenvalue weighted by Gasteiger charge is 2.35. The van der Waals surface area contributed by atoms with Crippen LogP contribution in [-0.4, -0.2) is 41.3 Å². The summed E-state index contributed by atoms with van der Waals surface area (Å²) in [5.41, 5.74) is 0. The van der Waals surface area contributed by atoms with Gasteiger partial charge in [0.15, 0.2) is 0 Å². The smallest absolute Gasteiger partial charge is 0.321 e. The Bertz CT molecular complexity index is 163. The van der Waals surface area contributed by atoms with Crippen LogP contribution in [-0.2, 0) is 4.79 Å². The molecule has 0 amide bonds. The Balaban J connectivity index is 2.57. The maximum atomic E-state index is 12.7. The molecule has 64 valence electrons. The monoisotopic (exact) mass is 161 g/mol. The molecule has 1 rings (SSSR count). The molecule has 1 saturated heterocycles. The van der Waals surface area contributed by atoms with Crippen LogP contribution < -0.4 is 0 Å². The van der Waals surface area contributed by atoms with E-state index >= 15 is 0 Å². The number of aliphatic carboxylic acids is 1. The van der Waals surface area contributed by atoms with E-state index in [9.17, 15) is 9.18 Å². The van der Waals surface area contributed by atoms with Gasteiger partial charge < -0.3 is 5.11 Å². The summed E-state index contributed by atoms with van der Waals surface area (Å²) in [4.78, 5) is 12.2. The number of rotatable bonds is 2. The summed E-state index contributed by atoms with van der Waals surface area (Å²) in [6, 6.07) is -0.602. The number of alkyl halides is 1. The van der Waals surface area contributed by atoms with E-state index in [0.29, 0.717) is 6.54 Å². The number of carboxylic acid groups (broad SMARTS) is 1. The minimum absolute atomic E-state index is 0.142. The third-order valence-corrected chi connectivity index (χ3v) is 2.04. The molecular weight excluding hydrogens is 149 g/mol. The zero-order valence-electron chi connectivity index (χ0n) is 6.46. The van der Waals surface area contributed by atoms with E-state index in [0.717, 1.165) is 0 Å². The summed E-state index contributed by atoms with van der Waals surface area (Å²) in [5, 5.41) is 8.62. The van der Waals surface area contributed by atoms with Gasteiger partial charge in [-0.05, 0) is 6.54 Å². The summed E-state index contributed by atoms with van der Waals surface area (Å²) in [6.07, 6.45) is -0.820. The first-order valence-corrected chi connectivity index (χ1v) is 3.76. The first kappa shape index (κ1) is 8.46. The van der Waals surface area contributed by atoms with Gasteiger partial charge in [0.05, 0.1) is 0 Å². The lowest BCUT2D eigenvalue weighted by atomic mass is 10.2. The maximum Gasteiger partial charge on any atom is 0.321 e. The fraction of sp³-hybridized carbons (Fsp3) is 0.857. The van der Waals surface area contributed by atoms with Crippen LogP contribution in [0.25, 0.3) is 0 Å². The zero-order chi connectivity index (χ0) is 8.43. The lowest BCUT2D eigenvalue weighted by Crippen LogP contribution is -2.35. The molecule has 1 heterocycles. The maximum absolute atomic E-state index is 12.7. The van der Waals surface area contributed by atoms with Gasteiger partial charge in [0.2, 0.25) is 0 Å². The number of hydrogen-bond acceptors (Lipinski definition) is 2. The average Bonchev–Trinajstić information content (AvgIpc) is 2.30. The highest BCUT2D eigenvalue weighted by Crippen LogP contribution is 2.19. The van der Waals surface area contributed by atoms with Crippen LogP contribution in [0.5, 0.6) is 0 Å². The summed E-state index contributed by atoms with van der Waals surface area (Å²) in [5.74, 6) is -0.910. The molecule has 0 radical (unpaired) electrons. The van der Waals surface area contributed by atoms with Gasteiger partial charge in [0.25, 0.3) is 0 Å². The van der Waals surface area contributed by atoms with Crippen LogP contribution in [0.1, 0.15) is 13.3 Å². The normalized spacial score (nSPS) is 32.5. The van der Waals surface area contributed by atoms with Gasteiger partial charge in [0, 0.05) is 13.0 Å². The first-order valence-electron chi connectivity index (χ1n) is 3.76. The molecule has 0 aromatic rings. The lowest BCUT2D eigenvalue weighted by Gasteiger charge is -2.17. The van der Waals surface area contributed by atoms with Crippen molar-refractivity contribution in [2.75, 3.05) is 13.1 Å². The van der Waals surface area contributed by atoms with E-state index in [1.807, 2.05) is 6.92 Å². The Morgan fingerprint density at radius 1 is 1.82 bits per heavy atom. The number of likely N-dealkylation sites (N-methyl/N-ethyl adjacent to an activating group) is 1. The third kappa shape index (κ3) is 1.68. The van der Waals surface area contributed by atoms with Gasteiger partial charge in [-0.15, -0.1) is 0 Å². The van der Waals surface area contributed by atoms with E-state index < -0.39 is 18.2 Å². The van der Waals surface area contributed by atoms with Gasteiger partial charge in [-0.3, -0.25) is 9.69 Å². The molecule has 1 aliphatic heterocycles. The second-order valence-electron chi connectivity index (χ2n) is 2.77. The van der Waals surface area contributed by atoms with Crippen LogP contribution in [0, 0.1) is 0 Å². The van der Waals surface area contributed by atoms with E-state index in [4.69, 9.17) is 5.11 Å². The fourth-order valence-corrected chi connectivity index (χ4v) is 1.45. The zero-order valence-corrected chi connectivity index (χ0v) is 6.46. The van der Waals surface area contributed by atoms with Gasteiger partial charge in [-0.2, -0.15) is 0 Å².